The Morgan fingerprint density at radius 1 is 1.86 bits per heavy atom. The summed E-state index contributed by atoms with van der Waals surface area (Å²) in [5, 5.41) is 0.650. The van der Waals surface area contributed by atoms with Gasteiger partial charge in [-0.15, -0.1) is 11.8 Å². The minimum atomic E-state index is 0.650. The second-order valence-corrected chi connectivity index (χ2v) is 3.13. The van der Waals surface area contributed by atoms with E-state index < -0.39 is 0 Å². The summed E-state index contributed by atoms with van der Waals surface area (Å²) in [6, 6.07) is 0. The number of thiocarbonyl (C=S) groups is 1. The molecule has 0 aromatic heterocycles. The molecule has 0 saturated heterocycles. The van der Waals surface area contributed by atoms with Gasteiger partial charge in [-0.2, -0.15) is 0 Å². The van der Waals surface area contributed by atoms with E-state index in [1.54, 1.807) is 11.8 Å². The standard InChI is InChI=1S/C5H9S2/c1-3-5(2)7-4-6/h5H,3H2,1-2H3. The molecule has 0 aromatic carbocycles. The van der Waals surface area contributed by atoms with Crippen LogP contribution in [-0.4, -0.2) is 9.95 Å². The van der Waals surface area contributed by atoms with Gasteiger partial charge in [0, 0.05) is 5.25 Å². The minimum absolute atomic E-state index is 0.650. The van der Waals surface area contributed by atoms with Gasteiger partial charge in [-0.1, -0.05) is 26.1 Å². The number of hydrogen-bond donors (Lipinski definition) is 0. The van der Waals surface area contributed by atoms with Crippen LogP contribution in [0.1, 0.15) is 20.3 Å². The van der Waals surface area contributed by atoms with Crippen molar-refractivity contribution < 1.29 is 0 Å². The molecule has 0 saturated carbocycles. The molecule has 0 heterocycles. The molecular weight excluding hydrogens is 124 g/mol. The van der Waals surface area contributed by atoms with Crippen LogP contribution in [0.5, 0.6) is 0 Å². The number of hydrogen-bond acceptors (Lipinski definition) is 2. The van der Waals surface area contributed by atoms with Crippen LogP contribution in [0.15, 0.2) is 0 Å². The van der Waals surface area contributed by atoms with Gasteiger partial charge in [0.1, 0.15) is 0 Å². The third kappa shape index (κ3) is 4.29. The molecule has 1 radical (unpaired) electrons. The lowest BCUT2D eigenvalue weighted by Crippen LogP contribution is -1.89. The summed E-state index contributed by atoms with van der Waals surface area (Å²) < 4.78 is 2.62. The fraction of sp³-hybridized carbons (Fsp3) is 0.800. The van der Waals surface area contributed by atoms with Crippen molar-refractivity contribution in [3.8, 4) is 0 Å². The van der Waals surface area contributed by atoms with Gasteiger partial charge in [0.15, 0.2) is 0 Å². The van der Waals surface area contributed by atoms with Crippen molar-refractivity contribution in [1.82, 2.24) is 0 Å². The molecule has 1 unspecified atom stereocenters. The van der Waals surface area contributed by atoms with E-state index in [0.717, 1.165) is 0 Å². The van der Waals surface area contributed by atoms with Crippen molar-refractivity contribution in [3.05, 3.63) is 0 Å². The summed E-state index contributed by atoms with van der Waals surface area (Å²) in [5.74, 6) is 0. The molecule has 0 aliphatic rings. The zero-order valence-electron chi connectivity index (χ0n) is 4.60. The first kappa shape index (κ1) is 7.44. The third-order valence-electron chi connectivity index (χ3n) is 0.824. The fourth-order valence-corrected chi connectivity index (χ4v) is 0.989. The van der Waals surface area contributed by atoms with Crippen LogP contribution >= 0.6 is 24.0 Å². The van der Waals surface area contributed by atoms with Crippen LogP contribution in [0.3, 0.4) is 0 Å². The number of thioether (sulfide) groups is 1. The van der Waals surface area contributed by atoms with E-state index in [9.17, 15) is 0 Å². The van der Waals surface area contributed by atoms with Gasteiger partial charge >= 0.3 is 0 Å². The Morgan fingerprint density at radius 3 is 2.57 bits per heavy atom. The molecule has 2 heteroatoms. The van der Waals surface area contributed by atoms with Crippen LogP contribution in [0, 0.1) is 0 Å². The van der Waals surface area contributed by atoms with E-state index in [0.29, 0.717) is 5.25 Å². The van der Waals surface area contributed by atoms with Crippen molar-refractivity contribution in [2.24, 2.45) is 0 Å². The molecule has 0 N–H and O–H groups in total. The fourth-order valence-electron chi connectivity index (χ4n) is 0.165. The third-order valence-corrected chi connectivity index (χ3v) is 1.94. The maximum atomic E-state index is 4.51. The highest BCUT2D eigenvalue weighted by molar-refractivity contribution is 8.21. The topological polar surface area (TPSA) is 0 Å². The molecule has 0 aliphatic heterocycles. The average Bonchev–Trinajstić information content (AvgIpc) is 1.68. The zero-order chi connectivity index (χ0) is 5.70. The molecule has 0 bridgehead atoms. The summed E-state index contributed by atoms with van der Waals surface area (Å²) in [7, 11) is 0. The van der Waals surface area contributed by atoms with E-state index >= 15 is 0 Å². The lowest BCUT2D eigenvalue weighted by atomic mass is 10.4. The van der Waals surface area contributed by atoms with Gasteiger partial charge in [0.05, 0.1) is 4.70 Å². The van der Waals surface area contributed by atoms with Gasteiger partial charge < -0.3 is 0 Å². The van der Waals surface area contributed by atoms with E-state index in [-0.39, 0.29) is 0 Å². The van der Waals surface area contributed by atoms with Crippen molar-refractivity contribution in [2.45, 2.75) is 25.5 Å². The van der Waals surface area contributed by atoms with E-state index in [4.69, 9.17) is 0 Å². The Labute approximate surface area is 54.7 Å². The molecule has 0 spiro atoms. The Balaban J connectivity index is 2.98. The maximum Gasteiger partial charge on any atom is 0.0954 e. The molecule has 41 valence electrons. The molecule has 0 amide bonds. The molecular formula is C5H9S2. The summed E-state index contributed by atoms with van der Waals surface area (Å²) in [5.41, 5.74) is 0. The van der Waals surface area contributed by atoms with Crippen LogP contribution in [-0.2, 0) is 0 Å². The largest absolute Gasteiger partial charge is 0.109 e. The van der Waals surface area contributed by atoms with E-state index in [1.165, 1.54) is 6.42 Å². The van der Waals surface area contributed by atoms with Gasteiger partial charge in [-0.3, -0.25) is 0 Å². The Kier molecular flexibility index (Phi) is 4.88. The Hall–Kier alpha value is 0.440. The lowest BCUT2D eigenvalue weighted by Gasteiger charge is -1.98. The highest BCUT2D eigenvalue weighted by atomic mass is 32.2. The predicted molar refractivity (Wildman–Crippen MR) is 39.9 cm³/mol. The summed E-state index contributed by atoms with van der Waals surface area (Å²) in [4.78, 5) is 0. The monoisotopic (exact) mass is 133 g/mol. The quantitative estimate of drug-likeness (QED) is 0.542. The molecule has 0 aromatic rings. The van der Waals surface area contributed by atoms with Crippen LogP contribution in [0.25, 0.3) is 0 Å². The SMILES string of the molecule is CCC(C)S[C]=S. The second kappa shape index (κ2) is 4.60. The summed E-state index contributed by atoms with van der Waals surface area (Å²) in [6.45, 7) is 4.29. The highest BCUT2D eigenvalue weighted by Crippen LogP contribution is 2.08. The van der Waals surface area contributed by atoms with Crippen molar-refractivity contribution in [1.29, 1.82) is 0 Å². The van der Waals surface area contributed by atoms with E-state index in [2.05, 4.69) is 30.8 Å². The van der Waals surface area contributed by atoms with Crippen LogP contribution < -0.4 is 0 Å². The molecule has 0 nitrogen and oxygen atoms in total. The second-order valence-electron chi connectivity index (χ2n) is 1.42. The summed E-state index contributed by atoms with van der Waals surface area (Å²) in [6.07, 6.45) is 1.17. The maximum absolute atomic E-state index is 4.51. The number of rotatable bonds is 3. The van der Waals surface area contributed by atoms with Gasteiger partial charge in [-0.25, -0.2) is 0 Å². The van der Waals surface area contributed by atoms with E-state index in [1.807, 2.05) is 0 Å². The molecule has 0 aliphatic carbocycles. The lowest BCUT2D eigenvalue weighted by molar-refractivity contribution is 0.911. The van der Waals surface area contributed by atoms with Crippen molar-refractivity contribution >= 4 is 28.7 Å². The minimum Gasteiger partial charge on any atom is -0.109 e. The first-order chi connectivity index (χ1) is 3.31. The smallest absolute Gasteiger partial charge is 0.0954 e. The molecule has 7 heavy (non-hydrogen) atoms. The summed E-state index contributed by atoms with van der Waals surface area (Å²) >= 11 is 6.10. The Morgan fingerprint density at radius 2 is 2.43 bits per heavy atom. The van der Waals surface area contributed by atoms with Gasteiger partial charge in [0.2, 0.25) is 0 Å². The Bertz CT molecular complexity index is 52.0. The van der Waals surface area contributed by atoms with Crippen molar-refractivity contribution in [3.63, 3.8) is 0 Å². The molecule has 1 atom stereocenters. The highest BCUT2D eigenvalue weighted by Gasteiger charge is 1.92. The van der Waals surface area contributed by atoms with Gasteiger partial charge in [0.25, 0.3) is 0 Å². The van der Waals surface area contributed by atoms with Crippen LogP contribution in [0.2, 0.25) is 0 Å². The zero-order valence-corrected chi connectivity index (χ0v) is 6.23. The first-order valence-electron chi connectivity index (χ1n) is 2.34. The van der Waals surface area contributed by atoms with Gasteiger partial charge in [-0.05, 0) is 6.42 Å². The normalized spacial score (nSPS) is 13.4. The predicted octanol–water partition coefficient (Wildman–Crippen LogP) is 2.35. The average molecular weight is 133 g/mol. The molecule has 0 fully saturated rings. The van der Waals surface area contributed by atoms with Crippen molar-refractivity contribution in [2.75, 3.05) is 0 Å². The first-order valence-corrected chi connectivity index (χ1v) is 3.62. The molecule has 0 rings (SSSR count). The van der Waals surface area contributed by atoms with Crippen LogP contribution in [0.4, 0.5) is 0 Å².